The molecule has 0 atom stereocenters. The maximum atomic E-state index is 15.1. The van der Waals surface area contributed by atoms with Crippen molar-refractivity contribution in [2.24, 2.45) is 0 Å². The first kappa shape index (κ1) is 27.7. The molecule has 0 amide bonds. The first-order chi connectivity index (χ1) is 19.5. The Kier molecular flexibility index (Phi) is 7.42. The predicted octanol–water partition coefficient (Wildman–Crippen LogP) is 9.68. The number of hydrogen-bond acceptors (Lipinski definition) is 0. The zero-order valence-corrected chi connectivity index (χ0v) is 21.7. The van der Waals surface area contributed by atoms with E-state index >= 15 is 8.78 Å². The molecule has 0 heterocycles. The van der Waals surface area contributed by atoms with Crippen molar-refractivity contribution in [1.82, 2.24) is 0 Å². The number of rotatable bonds is 3. The van der Waals surface area contributed by atoms with Gasteiger partial charge in [0, 0.05) is 11.1 Å². The van der Waals surface area contributed by atoms with Crippen LogP contribution in [0.4, 0.5) is 30.7 Å². The van der Waals surface area contributed by atoms with Gasteiger partial charge in [-0.2, -0.15) is 0 Å². The van der Waals surface area contributed by atoms with Crippen molar-refractivity contribution in [3.8, 4) is 45.2 Å². The molecule has 0 aromatic heterocycles. The smallest absolute Gasteiger partial charge is 0.194 e. The monoisotopic (exact) mass is 560 g/mol. The zero-order valence-electron chi connectivity index (χ0n) is 21.7. The standard InChI is InChI=1S/C34H19F7/c1-18-3-6-21(7-4-18)22-8-10-26(28(36)14-22)23-11-19(2)25(27(35)15-23)9-5-20-12-29(37)33(30(38)13-20)24-16-31(39)34(41)32(40)17-24/h3-4,6-8,10-17H,1-2H3. The van der Waals surface area contributed by atoms with Crippen molar-refractivity contribution in [2.45, 2.75) is 13.8 Å². The summed E-state index contributed by atoms with van der Waals surface area (Å²) < 4.78 is 100.0. The molecule has 0 saturated carbocycles. The van der Waals surface area contributed by atoms with Gasteiger partial charge in [0.05, 0.1) is 11.1 Å². The molecule has 41 heavy (non-hydrogen) atoms. The molecular weight excluding hydrogens is 541 g/mol. The Hall–Kier alpha value is -4.83. The Morgan fingerprint density at radius 1 is 0.463 bits per heavy atom. The Bertz CT molecular complexity index is 1810. The first-order valence-electron chi connectivity index (χ1n) is 12.3. The fourth-order valence-corrected chi connectivity index (χ4v) is 4.49. The highest BCUT2D eigenvalue weighted by atomic mass is 19.2. The second-order valence-electron chi connectivity index (χ2n) is 9.53. The van der Waals surface area contributed by atoms with Gasteiger partial charge in [-0.15, -0.1) is 0 Å². The van der Waals surface area contributed by atoms with Crippen molar-refractivity contribution in [2.75, 3.05) is 0 Å². The Morgan fingerprint density at radius 2 is 1.02 bits per heavy atom. The van der Waals surface area contributed by atoms with Crippen LogP contribution in [0, 0.1) is 66.4 Å². The fraction of sp³-hybridized carbons (Fsp3) is 0.0588. The van der Waals surface area contributed by atoms with Crippen LogP contribution in [0.2, 0.25) is 0 Å². The molecule has 0 bridgehead atoms. The summed E-state index contributed by atoms with van der Waals surface area (Å²) in [4.78, 5) is 0. The van der Waals surface area contributed by atoms with Crippen molar-refractivity contribution in [1.29, 1.82) is 0 Å². The summed E-state index contributed by atoms with van der Waals surface area (Å²) in [5, 5.41) is 0. The van der Waals surface area contributed by atoms with Gasteiger partial charge in [-0.1, -0.05) is 53.8 Å². The molecule has 0 saturated heterocycles. The third kappa shape index (κ3) is 5.59. The third-order valence-electron chi connectivity index (χ3n) is 6.60. The van der Waals surface area contributed by atoms with E-state index in [0.717, 1.165) is 29.3 Å². The van der Waals surface area contributed by atoms with Crippen molar-refractivity contribution >= 4 is 0 Å². The van der Waals surface area contributed by atoms with E-state index in [9.17, 15) is 22.0 Å². The second-order valence-corrected chi connectivity index (χ2v) is 9.53. The van der Waals surface area contributed by atoms with Gasteiger partial charge < -0.3 is 0 Å². The van der Waals surface area contributed by atoms with Gasteiger partial charge in [-0.25, -0.2) is 30.7 Å². The fourth-order valence-electron chi connectivity index (χ4n) is 4.49. The van der Waals surface area contributed by atoms with Crippen LogP contribution in [0.15, 0.2) is 78.9 Å². The van der Waals surface area contributed by atoms with E-state index in [1.54, 1.807) is 25.1 Å². The van der Waals surface area contributed by atoms with E-state index in [2.05, 4.69) is 11.8 Å². The summed E-state index contributed by atoms with van der Waals surface area (Å²) in [5.41, 5.74) is 1.90. The Labute approximate surface area is 231 Å². The van der Waals surface area contributed by atoms with E-state index in [4.69, 9.17) is 0 Å². The topological polar surface area (TPSA) is 0 Å². The van der Waals surface area contributed by atoms with E-state index in [1.165, 1.54) is 6.07 Å². The summed E-state index contributed by atoms with van der Waals surface area (Å²) >= 11 is 0. The molecular formula is C34H19F7. The Balaban J connectivity index is 1.45. The molecule has 0 nitrogen and oxygen atoms in total. The highest BCUT2D eigenvalue weighted by Gasteiger charge is 2.18. The lowest BCUT2D eigenvalue weighted by Crippen LogP contribution is -1.97. The normalized spacial score (nSPS) is 10.9. The average Bonchev–Trinajstić information content (AvgIpc) is 2.91. The summed E-state index contributed by atoms with van der Waals surface area (Å²) in [6, 6.07) is 17.6. The molecule has 0 spiro atoms. The zero-order chi connectivity index (χ0) is 29.4. The number of benzene rings is 5. The van der Waals surface area contributed by atoms with E-state index < -0.39 is 51.8 Å². The summed E-state index contributed by atoms with van der Waals surface area (Å²) in [7, 11) is 0. The molecule has 0 aliphatic rings. The lowest BCUT2D eigenvalue weighted by molar-refractivity contribution is 0.447. The SMILES string of the molecule is Cc1ccc(-c2ccc(-c3cc(C)c(C#Cc4cc(F)c(-c5cc(F)c(F)c(F)c5)c(F)c4)c(F)c3)c(F)c2)cc1. The molecule has 0 aliphatic carbocycles. The van der Waals surface area contributed by atoms with E-state index in [1.807, 2.05) is 31.2 Å². The molecule has 5 aromatic rings. The van der Waals surface area contributed by atoms with Gasteiger partial charge in [0.25, 0.3) is 0 Å². The Morgan fingerprint density at radius 3 is 1.61 bits per heavy atom. The van der Waals surface area contributed by atoms with Gasteiger partial charge in [0.15, 0.2) is 17.5 Å². The maximum Gasteiger partial charge on any atom is 0.194 e. The van der Waals surface area contributed by atoms with Crippen LogP contribution >= 0.6 is 0 Å². The average molecular weight is 561 g/mol. The molecule has 5 rings (SSSR count). The largest absolute Gasteiger partial charge is 0.206 e. The van der Waals surface area contributed by atoms with Crippen molar-refractivity contribution in [3.63, 3.8) is 0 Å². The summed E-state index contributed by atoms with van der Waals surface area (Å²) in [6.45, 7) is 3.52. The van der Waals surface area contributed by atoms with E-state index in [0.29, 0.717) is 28.8 Å². The minimum Gasteiger partial charge on any atom is -0.206 e. The number of halogens is 7. The van der Waals surface area contributed by atoms with Crippen molar-refractivity contribution in [3.05, 3.63) is 142 Å². The summed E-state index contributed by atoms with van der Waals surface area (Å²) in [6.07, 6.45) is 0. The van der Waals surface area contributed by atoms with Crippen molar-refractivity contribution < 1.29 is 30.7 Å². The van der Waals surface area contributed by atoms with E-state index in [-0.39, 0.29) is 16.7 Å². The van der Waals surface area contributed by atoms with Crippen LogP contribution in [-0.2, 0) is 0 Å². The second kappa shape index (κ2) is 11.0. The van der Waals surface area contributed by atoms with Crippen LogP contribution < -0.4 is 0 Å². The third-order valence-corrected chi connectivity index (χ3v) is 6.60. The van der Waals surface area contributed by atoms with Crippen LogP contribution in [0.25, 0.3) is 33.4 Å². The highest BCUT2D eigenvalue weighted by Crippen LogP contribution is 2.32. The number of aryl methyl sites for hydroxylation is 2. The lowest BCUT2D eigenvalue weighted by Gasteiger charge is -2.10. The number of hydrogen-bond donors (Lipinski definition) is 0. The van der Waals surface area contributed by atoms with Crippen LogP contribution in [-0.4, -0.2) is 0 Å². The minimum absolute atomic E-state index is 0.0574. The molecule has 0 radical (unpaired) electrons. The van der Waals surface area contributed by atoms with Crippen LogP contribution in [0.1, 0.15) is 22.3 Å². The first-order valence-corrected chi connectivity index (χ1v) is 12.3. The molecule has 7 heteroatoms. The molecule has 0 aliphatic heterocycles. The van der Waals surface area contributed by atoms with Crippen LogP contribution in [0.5, 0.6) is 0 Å². The van der Waals surface area contributed by atoms with Crippen LogP contribution in [0.3, 0.4) is 0 Å². The summed E-state index contributed by atoms with van der Waals surface area (Å²) in [5.74, 6) is -3.62. The van der Waals surface area contributed by atoms with Gasteiger partial charge in [0.2, 0.25) is 0 Å². The quantitative estimate of drug-likeness (QED) is 0.117. The minimum atomic E-state index is -1.76. The molecule has 5 aromatic carbocycles. The van der Waals surface area contributed by atoms with Gasteiger partial charge in [-0.05, 0) is 84.1 Å². The van der Waals surface area contributed by atoms with Gasteiger partial charge in [0.1, 0.15) is 23.3 Å². The lowest BCUT2D eigenvalue weighted by atomic mass is 9.96. The predicted molar refractivity (Wildman–Crippen MR) is 144 cm³/mol. The van der Waals surface area contributed by atoms with Gasteiger partial charge in [-0.3, -0.25) is 0 Å². The molecule has 204 valence electrons. The van der Waals surface area contributed by atoms with Gasteiger partial charge >= 0.3 is 0 Å². The molecule has 0 N–H and O–H groups in total. The maximum absolute atomic E-state index is 15.1. The highest BCUT2D eigenvalue weighted by molar-refractivity contribution is 5.73. The molecule has 0 fully saturated rings. The molecule has 0 unspecified atom stereocenters.